The van der Waals surface area contributed by atoms with Gasteiger partial charge in [-0.15, -0.1) is 11.3 Å². The molecule has 2 rings (SSSR count). The van der Waals surface area contributed by atoms with Crippen LogP contribution in [-0.4, -0.2) is 21.0 Å². The SMILES string of the molecule is Cc1ncc(/C=C/C(=O)Nc2cnccc2CO)s1. The number of amides is 1. The third kappa shape index (κ3) is 3.70. The lowest BCUT2D eigenvalue weighted by molar-refractivity contribution is -0.111. The van der Waals surface area contributed by atoms with E-state index in [1.807, 2.05) is 6.92 Å². The van der Waals surface area contributed by atoms with Crippen LogP contribution in [0.1, 0.15) is 15.4 Å². The Morgan fingerprint density at radius 2 is 2.37 bits per heavy atom. The minimum absolute atomic E-state index is 0.143. The third-order valence-electron chi connectivity index (χ3n) is 2.38. The van der Waals surface area contributed by atoms with Gasteiger partial charge in [-0.1, -0.05) is 0 Å². The van der Waals surface area contributed by atoms with Crippen LogP contribution in [0.15, 0.2) is 30.7 Å². The van der Waals surface area contributed by atoms with Crippen molar-refractivity contribution in [1.29, 1.82) is 0 Å². The van der Waals surface area contributed by atoms with Crippen molar-refractivity contribution in [2.24, 2.45) is 0 Å². The van der Waals surface area contributed by atoms with Crippen LogP contribution in [0.5, 0.6) is 0 Å². The predicted molar refractivity (Wildman–Crippen MR) is 74.7 cm³/mol. The molecule has 1 amide bonds. The molecule has 2 aromatic rings. The van der Waals surface area contributed by atoms with E-state index in [2.05, 4.69) is 15.3 Å². The van der Waals surface area contributed by atoms with Gasteiger partial charge in [0.15, 0.2) is 0 Å². The molecule has 19 heavy (non-hydrogen) atoms. The molecular weight excluding hydrogens is 262 g/mol. The zero-order valence-electron chi connectivity index (χ0n) is 10.3. The van der Waals surface area contributed by atoms with E-state index < -0.39 is 0 Å². The molecule has 0 aliphatic heterocycles. The second-order valence-corrected chi connectivity index (χ2v) is 5.06. The zero-order chi connectivity index (χ0) is 13.7. The molecule has 0 aromatic carbocycles. The van der Waals surface area contributed by atoms with E-state index in [1.54, 1.807) is 24.5 Å². The molecule has 0 aliphatic rings. The summed E-state index contributed by atoms with van der Waals surface area (Å²) in [5.41, 5.74) is 1.14. The van der Waals surface area contributed by atoms with E-state index in [9.17, 15) is 4.79 Å². The average Bonchev–Trinajstić information content (AvgIpc) is 2.83. The van der Waals surface area contributed by atoms with E-state index >= 15 is 0 Å². The topological polar surface area (TPSA) is 75.1 Å². The number of carbonyl (C=O) groups excluding carboxylic acids is 1. The normalized spacial score (nSPS) is 10.8. The molecule has 0 bridgehead atoms. The standard InChI is InChI=1S/C13H13N3O2S/c1-9-15-6-11(19-9)2-3-13(18)16-12-7-14-5-4-10(12)8-17/h2-7,17H,8H2,1H3,(H,16,18)/b3-2+. The minimum Gasteiger partial charge on any atom is -0.392 e. The molecule has 2 heterocycles. The first-order valence-corrected chi connectivity index (χ1v) is 6.46. The Bertz CT molecular complexity index is 607. The Morgan fingerprint density at radius 1 is 1.53 bits per heavy atom. The van der Waals surface area contributed by atoms with Crippen molar-refractivity contribution in [3.63, 3.8) is 0 Å². The van der Waals surface area contributed by atoms with Gasteiger partial charge in [-0.05, 0) is 19.1 Å². The highest BCUT2D eigenvalue weighted by atomic mass is 32.1. The summed E-state index contributed by atoms with van der Waals surface area (Å²) in [5, 5.41) is 12.8. The molecule has 0 saturated carbocycles. The number of aromatic nitrogens is 2. The highest BCUT2D eigenvalue weighted by molar-refractivity contribution is 7.12. The molecule has 5 nitrogen and oxygen atoms in total. The molecule has 2 aromatic heterocycles. The number of carbonyl (C=O) groups is 1. The monoisotopic (exact) mass is 275 g/mol. The van der Waals surface area contributed by atoms with Gasteiger partial charge >= 0.3 is 0 Å². The van der Waals surface area contributed by atoms with Crippen LogP contribution in [0.2, 0.25) is 0 Å². The fraction of sp³-hybridized carbons (Fsp3) is 0.154. The van der Waals surface area contributed by atoms with Gasteiger partial charge in [0.05, 0.1) is 23.5 Å². The van der Waals surface area contributed by atoms with Crippen LogP contribution in [0.3, 0.4) is 0 Å². The van der Waals surface area contributed by atoms with Crippen LogP contribution in [0, 0.1) is 6.92 Å². The van der Waals surface area contributed by atoms with Crippen molar-refractivity contribution < 1.29 is 9.90 Å². The molecular formula is C13H13N3O2S. The number of nitrogens with zero attached hydrogens (tertiary/aromatic N) is 2. The van der Waals surface area contributed by atoms with Crippen molar-refractivity contribution >= 4 is 29.0 Å². The van der Waals surface area contributed by atoms with E-state index in [4.69, 9.17) is 5.11 Å². The second-order valence-electron chi connectivity index (χ2n) is 3.80. The summed E-state index contributed by atoms with van der Waals surface area (Å²) in [4.78, 5) is 20.7. The smallest absolute Gasteiger partial charge is 0.248 e. The maximum absolute atomic E-state index is 11.7. The van der Waals surface area contributed by atoms with Gasteiger partial charge < -0.3 is 10.4 Å². The predicted octanol–water partition coefficient (Wildman–Crippen LogP) is 1.99. The highest BCUT2D eigenvalue weighted by Gasteiger charge is 2.04. The molecule has 0 radical (unpaired) electrons. The number of pyridine rings is 1. The lowest BCUT2D eigenvalue weighted by Gasteiger charge is -2.06. The van der Waals surface area contributed by atoms with Crippen LogP contribution >= 0.6 is 11.3 Å². The molecule has 2 N–H and O–H groups in total. The van der Waals surface area contributed by atoms with Crippen molar-refractivity contribution in [1.82, 2.24) is 9.97 Å². The number of anilines is 1. The number of rotatable bonds is 4. The Morgan fingerprint density at radius 3 is 3.05 bits per heavy atom. The van der Waals surface area contributed by atoms with Crippen LogP contribution in [0.25, 0.3) is 6.08 Å². The molecule has 0 saturated heterocycles. The molecule has 0 fully saturated rings. The number of nitrogens with one attached hydrogen (secondary N) is 1. The van der Waals surface area contributed by atoms with E-state index in [0.29, 0.717) is 11.3 Å². The van der Waals surface area contributed by atoms with E-state index in [-0.39, 0.29) is 12.5 Å². The number of thiazole rings is 1. The van der Waals surface area contributed by atoms with Crippen LogP contribution < -0.4 is 5.32 Å². The largest absolute Gasteiger partial charge is 0.392 e. The summed E-state index contributed by atoms with van der Waals surface area (Å²) in [5.74, 6) is -0.270. The summed E-state index contributed by atoms with van der Waals surface area (Å²) < 4.78 is 0. The van der Waals surface area contributed by atoms with Crippen LogP contribution in [-0.2, 0) is 11.4 Å². The van der Waals surface area contributed by atoms with Crippen molar-refractivity contribution in [2.75, 3.05) is 5.32 Å². The lowest BCUT2D eigenvalue weighted by Crippen LogP contribution is -2.10. The summed E-state index contributed by atoms with van der Waals surface area (Å²) in [7, 11) is 0. The fourth-order valence-electron chi connectivity index (χ4n) is 1.46. The maximum atomic E-state index is 11.7. The Kier molecular flexibility index (Phi) is 4.38. The molecule has 0 atom stereocenters. The second kappa shape index (κ2) is 6.21. The average molecular weight is 275 g/mol. The number of aliphatic hydroxyl groups excluding tert-OH is 1. The van der Waals surface area contributed by atoms with Gasteiger partial charge in [0.25, 0.3) is 0 Å². The van der Waals surface area contributed by atoms with Gasteiger partial charge in [-0.2, -0.15) is 0 Å². The van der Waals surface area contributed by atoms with Gasteiger partial charge in [-0.25, -0.2) is 4.98 Å². The van der Waals surface area contributed by atoms with Gasteiger partial charge in [0.1, 0.15) is 0 Å². The Labute approximate surface area is 114 Å². The van der Waals surface area contributed by atoms with Gasteiger partial charge in [0.2, 0.25) is 5.91 Å². The number of hydrogen-bond donors (Lipinski definition) is 2. The first-order valence-electron chi connectivity index (χ1n) is 5.64. The van der Waals surface area contributed by atoms with E-state index in [0.717, 1.165) is 9.88 Å². The third-order valence-corrected chi connectivity index (χ3v) is 3.26. The molecule has 98 valence electrons. The van der Waals surface area contributed by atoms with Gasteiger partial charge in [-0.3, -0.25) is 9.78 Å². The lowest BCUT2D eigenvalue weighted by atomic mass is 10.2. The first-order chi connectivity index (χ1) is 9.19. The maximum Gasteiger partial charge on any atom is 0.248 e. The molecule has 0 spiro atoms. The van der Waals surface area contributed by atoms with Gasteiger partial charge in [0, 0.05) is 28.9 Å². The zero-order valence-corrected chi connectivity index (χ0v) is 11.1. The van der Waals surface area contributed by atoms with Crippen molar-refractivity contribution in [3.8, 4) is 0 Å². The van der Waals surface area contributed by atoms with Crippen molar-refractivity contribution in [3.05, 3.63) is 46.2 Å². The Balaban J connectivity index is 2.03. The molecule has 0 unspecified atom stereocenters. The minimum atomic E-state index is -0.270. The first kappa shape index (κ1) is 13.4. The summed E-state index contributed by atoms with van der Waals surface area (Å²) in [6.45, 7) is 1.77. The highest BCUT2D eigenvalue weighted by Crippen LogP contribution is 2.15. The fourth-order valence-corrected chi connectivity index (χ4v) is 2.15. The number of aliphatic hydroxyl groups is 1. The van der Waals surface area contributed by atoms with Crippen molar-refractivity contribution in [2.45, 2.75) is 13.5 Å². The van der Waals surface area contributed by atoms with Crippen LogP contribution in [0.4, 0.5) is 5.69 Å². The molecule has 0 aliphatic carbocycles. The summed E-state index contributed by atoms with van der Waals surface area (Å²) in [6, 6.07) is 1.66. The Hall–Kier alpha value is -2.05. The quantitative estimate of drug-likeness (QED) is 0.837. The number of hydrogen-bond acceptors (Lipinski definition) is 5. The summed E-state index contributed by atoms with van der Waals surface area (Å²) >= 11 is 1.51. The van der Waals surface area contributed by atoms with E-state index in [1.165, 1.54) is 23.6 Å². The number of aryl methyl sites for hydroxylation is 1. The summed E-state index contributed by atoms with van der Waals surface area (Å²) in [6.07, 6.45) is 7.92. The molecule has 6 heteroatoms.